The Morgan fingerprint density at radius 1 is 1.24 bits per heavy atom. The Bertz CT molecular complexity index is 772. The van der Waals surface area contributed by atoms with Gasteiger partial charge in [0.1, 0.15) is 5.82 Å². The minimum Gasteiger partial charge on any atom is -0.357 e. The van der Waals surface area contributed by atoms with E-state index in [0.29, 0.717) is 6.54 Å². The number of rotatable bonds is 7. The van der Waals surface area contributed by atoms with E-state index in [2.05, 4.69) is 55.8 Å². The highest BCUT2D eigenvalue weighted by Crippen LogP contribution is 2.19. The second-order valence-corrected chi connectivity index (χ2v) is 8.07. The van der Waals surface area contributed by atoms with Crippen LogP contribution in [0, 0.1) is 6.92 Å². The van der Waals surface area contributed by atoms with E-state index < -0.39 is 0 Å². The molecule has 0 radical (unpaired) electrons. The van der Waals surface area contributed by atoms with Crippen LogP contribution in [0.15, 0.2) is 28.7 Å². The quantitative estimate of drug-likeness (QED) is 0.327. The van der Waals surface area contributed by atoms with Gasteiger partial charge < -0.3 is 20.4 Å². The largest absolute Gasteiger partial charge is 0.357 e. The number of pyridine rings is 1. The van der Waals surface area contributed by atoms with Crippen molar-refractivity contribution in [2.75, 3.05) is 51.2 Å². The number of hydrogen-bond donors (Lipinski definition) is 2. The second kappa shape index (κ2) is 12.3. The number of nitrogens with one attached hydrogen (secondary N) is 2. The number of guanidine groups is 1. The molecule has 29 heavy (non-hydrogen) atoms. The van der Waals surface area contributed by atoms with Crippen LogP contribution in [0.5, 0.6) is 0 Å². The molecule has 0 saturated carbocycles. The Labute approximate surface area is 195 Å². The van der Waals surface area contributed by atoms with E-state index in [0.717, 1.165) is 68.2 Å². The summed E-state index contributed by atoms with van der Waals surface area (Å²) in [6, 6.07) is 4.13. The van der Waals surface area contributed by atoms with Crippen LogP contribution < -0.4 is 15.5 Å². The van der Waals surface area contributed by atoms with E-state index >= 15 is 0 Å². The maximum absolute atomic E-state index is 4.79. The monoisotopic (exact) mass is 529 g/mol. The van der Waals surface area contributed by atoms with E-state index in [1.165, 1.54) is 5.56 Å². The smallest absolute Gasteiger partial charge is 0.191 e. The number of aliphatic imine (C=N–C) groups is 1. The average Bonchev–Trinajstić information content (AvgIpc) is 3.12. The first-order valence-corrected chi connectivity index (χ1v) is 10.8. The Hall–Kier alpha value is -1.46. The van der Waals surface area contributed by atoms with E-state index in [9.17, 15) is 0 Å². The van der Waals surface area contributed by atoms with Crippen molar-refractivity contribution in [3.63, 3.8) is 0 Å². The Kier molecular flexibility index (Phi) is 10.1. The zero-order valence-corrected chi connectivity index (χ0v) is 20.7. The molecule has 0 unspecified atom stereocenters. The molecule has 0 spiro atoms. The van der Waals surface area contributed by atoms with Crippen LogP contribution >= 0.6 is 35.3 Å². The van der Waals surface area contributed by atoms with Gasteiger partial charge in [-0.1, -0.05) is 6.07 Å². The summed E-state index contributed by atoms with van der Waals surface area (Å²) in [5, 5.41) is 9.98. The molecule has 2 aromatic heterocycles. The van der Waals surface area contributed by atoms with Gasteiger partial charge in [-0.25, -0.2) is 15.0 Å². The third kappa shape index (κ3) is 7.38. The van der Waals surface area contributed by atoms with Gasteiger partial charge in [0.05, 0.1) is 17.2 Å². The van der Waals surface area contributed by atoms with Crippen molar-refractivity contribution in [3.05, 3.63) is 40.0 Å². The highest BCUT2D eigenvalue weighted by atomic mass is 127. The normalized spacial score (nSPS) is 15.1. The highest BCUT2D eigenvalue weighted by Gasteiger charge is 2.17. The molecular formula is C20H32IN7S. The van der Waals surface area contributed by atoms with Crippen LogP contribution in [-0.4, -0.2) is 67.1 Å². The first-order valence-electron chi connectivity index (χ1n) is 9.96. The van der Waals surface area contributed by atoms with Crippen molar-refractivity contribution in [1.29, 1.82) is 0 Å². The summed E-state index contributed by atoms with van der Waals surface area (Å²) in [7, 11) is 2.17. The molecule has 1 fully saturated rings. The molecular weight excluding hydrogens is 497 g/mol. The third-order valence-corrected chi connectivity index (χ3v) is 5.58. The molecule has 160 valence electrons. The molecule has 2 aromatic rings. The van der Waals surface area contributed by atoms with Gasteiger partial charge in [0.15, 0.2) is 5.96 Å². The third-order valence-electron chi connectivity index (χ3n) is 4.76. The first kappa shape index (κ1) is 23.8. The van der Waals surface area contributed by atoms with E-state index in [1.54, 1.807) is 11.3 Å². The molecule has 1 aliphatic rings. The molecule has 0 atom stereocenters. The zero-order chi connectivity index (χ0) is 19.8. The number of aromatic nitrogens is 2. The fraction of sp³-hybridized carbons (Fsp3) is 0.550. The minimum absolute atomic E-state index is 0. The molecule has 0 bridgehead atoms. The number of thiazole rings is 1. The van der Waals surface area contributed by atoms with Crippen molar-refractivity contribution in [2.45, 2.75) is 26.8 Å². The standard InChI is InChI=1S/C20H31N7S.HI/c1-4-21-20(23-9-7-18-15-28-16(2)25-18)24-14-17-6-5-8-22-19(17)27-12-10-26(3)11-13-27;/h5-6,8,15H,4,7,9-14H2,1-3H3,(H2,21,23,24);1H. The van der Waals surface area contributed by atoms with Gasteiger partial charge in [0.2, 0.25) is 0 Å². The lowest BCUT2D eigenvalue weighted by atomic mass is 10.2. The summed E-state index contributed by atoms with van der Waals surface area (Å²) in [6.45, 7) is 10.5. The molecule has 9 heteroatoms. The summed E-state index contributed by atoms with van der Waals surface area (Å²) in [5.41, 5.74) is 2.30. The van der Waals surface area contributed by atoms with Gasteiger partial charge in [-0.15, -0.1) is 35.3 Å². The summed E-state index contributed by atoms with van der Waals surface area (Å²) >= 11 is 1.70. The Morgan fingerprint density at radius 3 is 2.72 bits per heavy atom. The Balaban J connectivity index is 0.00000300. The predicted octanol–water partition coefficient (Wildman–Crippen LogP) is 2.51. The van der Waals surface area contributed by atoms with Crippen LogP contribution in [-0.2, 0) is 13.0 Å². The molecule has 7 nitrogen and oxygen atoms in total. The number of piperazine rings is 1. The first-order chi connectivity index (χ1) is 13.7. The molecule has 2 N–H and O–H groups in total. The van der Waals surface area contributed by atoms with Gasteiger partial charge in [-0.2, -0.15) is 0 Å². The van der Waals surface area contributed by atoms with Crippen LogP contribution in [0.3, 0.4) is 0 Å². The number of hydrogen-bond acceptors (Lipinski definition) is 6. The van der Waals surface area contributed by atoms with E-state index in [4.69, 9.17) is 4.99 Å². The van der Waals surface area contributed by atoms with Gasteiger partial charge in [0, 0.05) is 62.8 Å². The number of halogens is 1. The molecule has 3 rings (SSSR count). The van der Waals surface area contributed by atoms with Crippen LogP contribution in [0.4, 0.5) is 5.82 Å². The maximum atomic E-state index is 4.79. The van der Waals surface area contributed by atoms with Gasteiger partial charge in [-0.05, 0) is 27.0 Å². The fourth-order valence-corrected chi connectivity index (χ4v) is 3.84. The highest BCUT2D eigenvalue weighted by molar-refractivity contribution is 14.0. The Morgan fingerprint density at radius 2 is 2.03 bits per heavy atom. The lowest BCUT2D eigenvalue weighted by molar-refractivity contribution is 0.312. The maximum Gasteiger partial charge on any atom is 0.191 e. The van der Waals surface area contributed by atoms with Crippen molar-refractivity contribution >= 4 is 47.1 Å². The number of aryl methyl sites for hydroxylation is 1. The van der Waals surface area contributed by atoms with Crippen molar-refractivity contribution in [1.82, 2.24) is 25.5 Å². The second-order valence-electron chi connectivity index (χ2n) is 7.01. The molecule has 0 aliphatic carbocycles. The molecule has 3 heterocycles. The van der Waals surface area contributed by atoms with Crippen molar-refractivity contribution < 1.29 is 0 Å². The van der Waals surface area contributed by atoms with Gasteiger partial charge in [-0.3, -0.25) is 0 Å². The predicted molar refractivity (Wildman–Crippen MR) is 133 cm³/mol. The molecule has 1 saturated heterocycles. The average molecular weight is 529 g/mol. The molecule has 1 aliphatic heterocycles. The van der Waals surface area contributed by atoms with Crippen LogP contribution in [0.25, 0.3) is 0 Å². The summed E-state index contributed by atoms with van der Waals surface area (Å²) in [5.74, 6) is 1.90. The van der Waals surface area contributed by atoms with Crippen molar-refractivity contribution in [3.8, 4) is 0 Å². The summed E-state index contributed by atoms with van der Waals surface area (Å²) < 4.78 is 0. The summed E-state index contributed by atoms with van der Waals surface area (Å²) in [4.78, 5) is 18.7. The fourth-order valence-electron chi connectivity index (χ4n) is 3.19. The number of nitrogens with zero attached hydrogens (tertiary/aromatic N) is 5. The lowest BCUT2D eigenvalue weighted by Crippen LogP contribution is -2.45. The van der Waals surface area contributed by atoms with Gasteiger partial charge in [0.25, 0.3) is 0 Å². The van der Waals surface area contributed by atoms with E-state index in [-0.39, 0.29) is 24.0 Å². The zero-order valence-electron chi connectivity index (χ0n) is 17.5. The topological polar surface area (TPSA) is 68.7 Å². The van der Waals surface area contributed by atoms with E-state index in [1.807, 2.05) is 19.2 Å². The van der Waals surface area contributed by atoms with Crippen LogP contribution in [0.2, 0.25) is 0 Å². The number of anilines is 1. The van der Waals surface area contributed by atoms with Crippen molar-refractivity contribution in [2.24, 2.45) is 4.99 Å². The lowest BCUT2D eigenvalue weighted by Gasteiger charge is -2.34. The molecule has 0 aromatic carbocycles. The minimum atomic E-state index is 0. The molecule has 0 amide bonds. The van der Waals surface area contributed by atoms with Gasteiger partial charge >= 0.3 is 0 Å². The van der Waals surface area contributed by atoms with Crippen LogP contribution in [0.1, 0.15) is 23.2 Å². The summed E-state index contributed by atoms with van der Waals surface area (Å²) in [6.07, 6.45) is 2.77. The SMILES string of the molecule is CCNC(=NCc1cccnc1N1CCN(C)CC1)NCCc1csc(C)n1.I. The number of likely N-dealkylation sites (N-methyl/N-ethyl adjacent to an activating group) is 1.